The Hall–Kier alpha value is -0.960. The second-order valence-corrected chi connectivity index (χ2v) is 4.36. The molecule has 1 N–H and O–H groups in total. The van der Waals surface area contributed by atoms with E-state index in [4.69, 9.17) is 0 Å². The molecule has 0 amide bonds. The predicted molar refractivity (Wildman–Crippen MR) is 66.9 cm³/mol. The van der Waals surface area contributed by atoms with Gasteiger partial charge in [0.25, 0.3) is 0 Å². The molecular weight excluding hydrogens is 220 g/mol. The van der Waals surface area contributed by atoms with E-state index in [9.17, 15) is 8.78 Å². The smallest absolute Gasteiger partial charge is 0.128 e. The maximum Gasteiger partial charge on any atom is 0.128 e. The molecule has 0 saturated carbocycles. The first kappa shape index (κ1) is 14.1. The van der Waals surface area contributed by atoms with Crippen molar-refractivity contribution < 1.29 is 8.78 Å². The standard InChI is InChI=1S/C14H21F2N/c1-3-4-5-6-7-14(17-2)12-10-11(15)8-9-13(12)16/h8-10,14,17H,3-7H2,1-2H3. The van der Waals surface area contributed by atoms with Crippen LogP contribution in [0, 0.1) is 11.6 Å². The quantitative estimate of drug-likeness (QED) is 0.706. The number of rotatable bonds is 7. The van der Waals surface area contributed by atoms with E-state index in [1.54, 1.807) is 7.05 Å². The third-order valence-corrected chi connectivity index (χ3v) is 3.03. The summed E-state index contributed by atoms with van der Waals surface area (Å²) in [6, 6.07) is 3.54. The van der Waals surface area contributed by atoms with Crippen molar-refractivity contribution in [3.8, 4) is 0 Å². The Morgan fingerprint density at radius 3 is 2.59 bits per heavy atom. The Kier molecular flexibility index (Phi) is 6.12. The summed E-state index contributed by atoms with van der Waals surface area (Å²) in [5.41, 5.74) is 0.434. The monoisotopic (exact) mass is 241 g/mol. The van der Waals surface area contributed by atoms with E-state index < -0.39 is 0 Å². The normalized spacial score (nSPS) is 12.7. The highest BCUT2D eigenvalue weighted by atomic mass is 19.1. The molecule has 0 spiro atoms. The van der Waals surface area contributed by atoms with Gasteiger partial charge >= 0.3 is 0 Å². The van der Waals surface area contributed by atoms with Gasteiger partial charge in [0.15, 0.2) is 0 Å². The van der Waals surface area contributed by atoms with Gasteiger partial charge in [0.2, 0.25) is 0 Å². The van der Waals surface area contributed by atoms with Gasteiger partial charge in [0.1, 0.15) is 11.6 Å². The van der Waals surface area contributed by atoms with Crippen LogP contribution in [0.4, 0.5) is 8.78 Å². The Labute approximate surface area is 102 Å². The summed E-state index contributed by atoms with van der Waals surface area (Å²) in [7, 11) is 1.79. The number of unbranched alkanes of at least 4 members (excludes halogenated alkanes) is 3. The molecule has 3 heteroatoms. The van der Waals surface area contributed by atoms with Gasteiger partial charge in [0.05, 0.1) is 0 Å². The van der Waals surface area contributed by atoms with Gasteiger partial charge in [-0.05, 0) is 31.7 Å². The molecule has 0 fully saturated rings. The van der Waals surface area contributed by atoms with Crippen LogP contribution in [0.3, 0.4) is 0 Å². The van der Waals surface area contributed by atoms with E-state index in [-0.39, 0.29) is 17.7 Å². The molecule has 1 unspecified atom stereocenters. The van der Waals surface area contributed by atoms with Crippen LogP contribution in [0.25, 0.3) is 0 Å². The predicted octanol–water partition coefficient (Wildman–Crippen LogP) is 4.20. The van der Waals surface area contributed by atoms with Crippen molar-refractivity contribution in [1.29, 1.82) is 0 Å². The summed E-state index contributed by atoms with van der Waals surface area (Å²) >= 11 is 0. The lowest BCUT2D eigenvalue weighted by molar-refractivity contribution is 0.475. The molecule has 0 aliphatic rings. The second-order valence-electron chi connectivity index (χ2n) is 4.36. The van der Waals surface area contributed by atoms with Gasteiger partial charge in [-0.3, -0.25) is 0 Å². The molecule has 1 rings (SSSR count). The summed E-state index contributed by atoms with van der Waals surface area (Å²) in [5, 5.41) is 3.06. The average molecular weight is 241 g/mol. The summed E-state index contributed by atoms with van der Waals surface area (Å²) in [4.78, 5) is 0. The van der Waals surface area contributed by atoms with Crippen LogP contribution in [-0.2, 0) is 0 Å². The highest BCUT2D eigenvalue weighted by molar-refractivity contribution is 5.22. The van der Waals surface area contributed by atoms with Crippen molar-refractivity contribution in [3.63, 3.8) is 0 Å². The summed E-state index contributed by atoms with van der Waals surface area (Å²) < 4.78 is 26.7. The van der Waals surface area contributed by atoms with Gasteiger partial charge in [0, 0.05) is 11.6 Å². The Balaban J connectivity index is 2.62. The number of halogens is 2. The number of hydrogen-bond donors (Lipinski definition) is 1. The fourth-order valence-electron chi connectivity index (χ4n) is 2.01. The SMILES string of the molecule is CCCCCCC(NC)c1cc(F)ccc1F. The van der Waals surface area contributed by atoms with E-state index in [0.717, 1.165) is 25.3 Å². The van der Waals surface area contributed by atoms with Crippen LogP contribution in [-0.4, -0.2) is 7.05 Å². The van der Waals surface area contributed by atoms with Crippen molar-refractivity contribution in [2.24, 2.45) is 0 Å². The van der Waals surface area contributed by atoms with E-state index in [1.165, 1.54) is 25.0 Å². The summed E-state index contributed by atoms with van der Waals surface area (Å²) in [6.45, 7) is 2.15. The van der Waals surface area contributed by atoms with Gasteiger partial charge in [-0.15, -0.1) is 0 Å². The minimum Gasteiger partial charge on any atom is -0.313 e. The largest absolute Gasteiger partial charge is 0.313 e. The molecule has 0 aromatic heterocycles. The summed E-state index contributed by atoms with van der Waals surface area (Å²) in [5.74, 6) is -0.712. The third kappa shape index (κ3) is 4.43. The van der Waals surface area contributed by atoms with E-state index >= 15 is 0 Å². The number of nitrogens with one attached hydrogen (secondary N) is 1. The second kappa shape index (κ2) is 7.38. The lowest BCUT2D eigenvalue weighted by atomic mass is 9.99. The molecule has 1 aromatic rings. The maximum absolute atomic E-state index is 13.6. The average Bonchev–Trinajstić information content (AvgIpc) is 2.33. The topological polar surface area (TPSA) is 12.0 Å². The molecule has 1 nitrogen and oxygen atoms in total. The van der Waals surface area contributed by atoms with Crippen molar-refractivity contribution >= 4 is 0 Å². The zero-order valence-corrected chi connectivity index (χ0v) is 10.6. The van der Waals surface area contributed by atoms with Crippen LogP contribution in [0.15, 0.2) is 18.2 Å². The molecule has 1 atom stereocenters. The highest BCUT2D eigenvalue weighted by Gasteiger charge is 2.14. The number of benzene rings is 1. The Morgan fingerprint density at radius 1 is 1.18 bits per heavy atom. The van der Waals surface area contributed by atoms with E-state index in [2.05, 4.69) is 12.2 Å². The Bertz CT molecular complexity index is 339. The molecule has 0 aliphatic carbocycles. The zero-order valence-electron chi connectivity index (χ0n) is 10.6. The van der Waals surface area contributed by atoms with Crippen molar-refractivity contribution in [2.45, 2.75) is 45.1 Å². The van der Waals surface area contributed by atoms with E-state index in [1.807, 2.05) is 0 Å². The molecule has 0 radical (unpaired) electrons. The highest BCUT2D eigenvalue weighted by Crippen LogP contribution is 2.23. The molecule has 96 valence electrons. The first-order chi connectivity index (χ1) is 8.19. The first-order valence-corrected chi connectivity index (χ1v) is 6.31. The minimum absolute atomic E-state index is 0.0949. The summed E-state index contributed by atoms with van der Waals surface area (Å²) in [6.07, 6.45) is 5.40. The van der Waals surface area contributed by atoms with Gasteiger partial charge in [-0.2, -0.15) is 0 Å². The van der Waals surface area contributed by atoms with E-state index in [0.29, 0.717) is 5.56 Å². The lowest BCUT2D eigenvalue weighted by Crippen LogP contribution is -2.17. The van der Waals surface area contributed by atoms with Crippen LogP contribution in [0.1, 0.15) is 50.6 Å². The van der Waals surface area contributed by atoms with Crippen LogP contribution >= 0.6 is 0 Å². The molecule has 0 heterocycles. The van der Waals surface area contributed by atoms with Crippen molar-refractivity contribution in [3.05, 3.63) is 35.4 Å². The van der Waals surface area contributed by atoms with Gasteiger partial charge < -0.3 is 5.32 Å². The van der Waals surface area contributed by atoms with Crippen molar-refractivity contribution in [2.75, 3.05) is 7.05 Å². The molecule has 0 bridgehead atoms. The molecule has 17 heavy (non-hydrogen) atoms. The fraction of sp³-hybridized carbons (Fsp3) is 0.571. The molecule has 0 saturated heterocycles. The number of hydrogen-bond acceptors (Lipinski definition) is 1. The van der Waals surface area contributed by atoms with Crippen molar-refractivity contribution in [1.82, 2.24) is 5.32 Å². The van der Waals surface area contributed by atoms with Gasteiger partial charge in [-0.1, -0.05) is 32.6 Å². The minimum atomic E-state index is -0.379. The fourth-order valence-corrected chi connectivity index (χ4v) is 2.01. The van der Waals surface area contributed by atoms with Gasteiger partial charge in [-0.25, -0.2) is 8.78 Å². The van der Waals surface area contributed by atoms with Crippen LogP contribution < -0.4 is 5.32 Å². The molecule has 0 aliphatic heterocycles. The maximum atomic E-state index is 13.6. The Morgan fingerprint density at radius 2 is 1.94 bits per heavy atom. The van der Waals surface area contributed by atoms with Crippen LogP contribution in [0.5, 0.6) is 0 Å². The molecule has 1 aromatic carbocycles. The lowest BCUT2D eigenvalue weighted by Gasteiger charge is -2.17. The van der Waals surface area contributed by atoms with Crippen LogP contribution in [0.2, 0.25) is 0 Å². The zero-order chi connectivity index (χ0) is 12.7. The first-order valence-electron chi connectivity index (χ1n) is 6.31. The third-order valence-electron chi connectivity index (χ3n) is 3.03. The molecular formula is C14H21F2N.